The quantitative estimate of drug-likeness (QED) is 0.121. The first-order valence-corrected chi connectivity index (χ1v) is 20.5. The van der Waals surface area contributed by atoms with Crippen molar-refractivity contribution in [1.29, 1.82) is 0 Å². The van der Waals surface area contributed by atoms with Crippen molar-refractivity contribution in [3.8, 4) is 11.5 Å². The predicted molar refractivity (Wildman–Crippen MR) is 194 cm³/mol. The first kappa shape index (κ1) is 42.6. The molecular formula is C35H46FN3O13P2. The number of H-pyrrole nitrogens is 1. The molecule has 1 aromatic heterocycles. The Morgan fingerprint density at radius 2 is 1.44 bits per heavy atom. The summed E-state index contributed by atoms with van der Waals surface area (Å²) in [5, 5.41) is 2.48. The van der Waals surface area contributed by atoms with Gasteiger partial charge in [-0.3, -0.25) is 33.0 Å². The van der Waals surface area contributed by atoms with Gasteiger partial charge in [0.25, 0.3) is 5.56 Å². The van der Waals surface area contributed by atoms with Crippen molar-refractivity contribution in [3.63, 3.8) is 0 Å². The van der Waals surface area contributed by atoms with Crippen LogP contribution < -0.4 is 25.4 Å². The largest absolute Gasteiger partial charge is 0.463 e. The molecule has 0 saturated carbocycles. The normalized spacial score (nSPS) is 21.8. The molecule has 0 spiro atoms. The molecule has 16 nitrogen and oxygen atoms in total. The summed E-state index contributed by atoms with van der Waals surface area (Å²) in [6.07, 6.45) is -8.00. The number of hydrogen-bond acceptors (Lipinski definition) is 13. The Morgan fingerprint density at radius 3 is 2.02 bits per heavy atom. The number of carbonyl (C=O) groups excluding carboxylic acids is 2. The summed E-state index contributed by atoms with van der Waals surface area (Å²) in [7, 11) is -9.08. The van der Waals surface area contributed by atoms with Gasteiger partial charge in [-0.15, -0.1) is 0 Å². The molecule has 2 N–H and O–H groups in total. The van der Waals surface area contributed by atoms with E-state index in [0.717, 1.165) is 10.8 Å². The molecule has 1 fully saturated rings. The van der Waals surface area contributed by atoms with E-state index in [2.05, 4.69) is 10.1 Å². The number of esters is 2. The van der Waals surface area contributed by atoms with Crippen LogP contribution in [0.25, 0.3) is 0 Å². The number of halogens is 1. The Hall–Kier alpha value is -4.11. The summed E-state index contributed by atoms with van der Waals surface area (Å²) < 4.78 is 86.1. The molecule has 1 aliphatic heterocycles. The third-order valence-electron chi connectivity index (χ3n) is 7.65. The molecule has 0 amide bonds. The lowest BCUT2D eigenvalue weighted by Crippen LogP contribution is -2.41. The van der Waals surface area contributed by atoms with E-state index in [-0.39, 0.29) is 17.1 Å². The van der Waals surface area contributed by atoms with Gasteiger partial charge in [-0.05, 0) is 65.8 Å². The fraction of sp³-hybridized carbons (Fsp3) is 0.486. The van der Waals surface area contributed by atoms with Gasteiger partial charge in [0.05, 0.1) is 30.9 Å². The van der Waals surface area contributed by atoms with Crippen molar-refractivity contribution in [2.24, 2.45) is 5.92 Å². The van der Waals surface area contributed by atoms with Gasteiger partial charge in [0.15, 0.2) is 12.4 Å². The van der Waals surface area contributed by atoms with E-state index >= 15 is 4.39 Å². The second-order valence-electron chi connectivity index (χ2n) is 13.2. The monoisotopic (exact) mass is 797 g/mol. The van der Waals surface area contributed by atoms with Crippen molar-refractivity contribution in [3.05, 3.63) is 93.3 Å². The molecule has 296 valence electrons. The Labute approximate surface area is 311 Å². The number of hydrogen-bond donors (Lipinski definition) is 2. The van der Waals surface area contributed by atoms with E-state index in [4.69, 9.17) is 32.3 Å². The standard InChI is InChI=1S/C35H46FN3O13P2/c1-21(2)47-33(41)24(6)20-53(44,50-26-14-10-8-11-15-26)46-19-28-30(29(36)32(49-28)39-18-23(5)31(40)37-35(39)43)52-54(45,51-27-16-12-9-13-17-27)38-25(7)34(42)48-22(3)4/h8-18,21-22,24-25,28-30,32H,19-20H2,1-7H3,(H,38,45)(H,37,40,43)/t24-,25+,28+,29-,30?,32+,53+,54-/m1/s1. The van der Waals surface area contributed by atoms with Gasteiger partial charge in [0.2, 0.25) is 0 Å². The van der Waals surface area contributed by atoms with Gasteiger partial charge < -0.3 is 23.3 Å². The zero-order valence-electron chi connectivity index (χ0n) is 30.9. The number of rotatable bonds is 18. The summed E-state index contributed by atoms with van der Waals surface area (Å²) in [5.74, 6) is -2.32. The first-order valence-electron chi connectivity index (χ1n) is 17.2. The molecule has 54 heavy (non-hydrogen) atoms. The Morgan fingerprint density at radius 1 is 0.889 bits per heavy atom. The lowest BCUT2D eigenvalue weighted by molar-refractivity contribution is -0.151. The zero-order valence-corrected chi connectivity index (χ0v) is 32.7. The molecular weight excluding hydrogens is 751 g/mol. The fourth-order valence-corrected chi connectivity index (χ4v) is 8.72. The minimum atomic E-state index is -4.77. The number of nitrogens with zero attached hydrogens (tertiary/aromatic N) is 1. The summed E-state index contributed by atoms with van der Waals surface area (Å²) in [6.45, 7) is 9.97. The lowest BCUT2D eigenvalue weighted by atomic mass is 10.1. The van der Waals surface area contributed by atoms with Crippen LogP contribution in [0.2, 0.25) is 0 Å². The SMILES string of the molecule is Cc1cn([C@H]2O[C@@H](CO[P@@](=O)(C[C@@H](C)C(=O)OC(C)C)Oc3ccccc3)C(O[P@@](=O)(N[C@@H](C)C(=O)OC(C)C)Oc3ccccc3)[C@H]2F)c(=O)[nH]c1=O. The minimum Gasteiger partial charge on any atom is -0.463 e. The molecule has 3 aromatic rings. The van der Waals surface area contributed by atoms with Crippen molar-refractivity contribution in [1.82, 2.24) is 14.6 Å². The highest BCUT2D eigenvalue weighted by Gasteiger charge is 2.52. The number of carbonyl (C=O) groups is 2. The van der Waals surface area contributed by atoms with Gasteiger partial charge >= 0.3 is 33.0 Å². The second kappa shape index (κ2) is 18.5. The maximum Gasteiger partial charge on any atom is 0.459 e. The molecule has 1 aliphatic rings. The molecule has 19 heteroatoms. The number of para-hydroxylation sites is 2. The van der Waals surface area contributed by atoms with Crippen LogP contribution >= 0.6 is 15.3 Å². The van der Waals surface area contributed by atoms with Crippen LogP contribution in [0, 0.1) is 12.8 Å². The van der Waals surface area contributed by atoms with Crippen LogP contribution in [-0.4, -0.2) is 70.9 Å². The topological polar surface area (TPSA) is 200 Å². The van der Waals surface area contributed by atoms with E-state index in [1.807, 2.05) is 0 Å². The van der Waals surface area contributed by atoms with Crippen LogP contribution in [0.3, 0.4) is 0 Å². The van der Waals surface area contributed by atoms with E-state index in [1.165, 1.54) is 45.0 Å². The zero-order chi connectivity index (χ0) is 39.8. The fourth-order valence-electron chi connectivity index (χ4n) is 5.14. The summed E-state index contributed by atoms with van der Waals surface area (Å²) in [5.41, 5.74) is -1.70. The molecule has 0 radical (unpaired) electrons. The maximum atomic E-state index is 16.7. The van der Waals surface area contributed by atoms with Gasteiger partial charge in [-0.2, -0.15) is 5.09 Å². The van der Waals surface area contributed by atoms with Gasteiger partial charge in [0, 0.05) is 11.8 Å². The Kier molecular flexibility index (Phi) is 14.6. The van der Waals surface area contributed by atoms with Crippen molar-refractivity contribution < 1.29 is 55.4 Å². The molecule has 8 atom stereocenters. The minimum absolute atomic E-state index is 0.0203. The number of aromatic amines is 1. The second-order valence-corrected chi connectivity index (χ2v) is 16.9. The molecule has 4 rings (SSSR count). The average molecular weight is 798 g/mol. The third-order valence-corrected chi connectivity index (χ3v) is 11.4. The van der Waals surface area contributed by atoms with E-state index in [9.17, 15) is 28.3 Å². The van der Waals surface area contributed by atoms with Crippen molar-refractivity contribution >= 4 is 27.3 Å². The van der Waals surface area contributed by atoms with Crippen molar-refractivity contribution in [2.45, 2.75) is 91.3 Å². The summed E-state index contributed by atoms with van der Waals surface area (Å²) in [6, 6.07) is 14.4. The highest BCUT2D eigenvalue weighted by Crippen LogP contribution is 2.53. The predicted octanol–water partition coefficient (Wildman–Crippen LogP) is 5.46. The van der Waals surface area contributed by atoms with Crippen LogP contribution in [0.15, 0.2) is 76.4 Å². The molecule has 1 unspecified atom stereocenters. The molecule has 0 bridgehead atoms. The van der Waals surface area contributed by atoms with Crippen LogP contribution in [0.4, 0.5) is 4.39 Å². The maximum absolute atomic E-state index is 16.7. The first-order chi connectivity index (χ1) is 25.4. The molecule has 1 saturated heterocycles. The summed E-state index contributed by atoms with van der Waals surface area (Å²) in [4.78, 5) is 52.6. The van der Waals surface area contributed by atoms with Crippen LogP contribution in [-0.2, 0) is 42.0 Å². The van der Waals surface area contributed by atoms with E-state index in [1.54, 1.807) is 64.1 Å². The van der Waals surface area contributed by atoms with Gasteiger partial charge in [0.1, 0.15) is 29.7 Å². The Bertz CT molecular complexity index is 1940. The molecule has 2 heterocycles. The smallest absolute Gasteiger partial charge is 0.459 e. The van der Waals surface area contributed by atoms with Crippen LogP contribution in [0.5, 0.6) is 11.5 Å². The van der Waals surface area contributed by atoms with Crippen molar-refractivity contribution in [2.75, 3.05) is 12.8 Å². The molecule has 2 aromatic carbocycles. The number of alkyl halides is 1. The van der Waals surface area contributed by atoms with Crippen LogP contribution in [0.1, 0.15) is 53.3 Å². The number of nitrogens with one attached hydrogen (secondary N) is 2. The highest BCUT2D eigenvalue weighted by atomic mass is 31.2. The average Bonchev–Trinajstić information content (AvgIpc) is 3.39. The lowest BCUT2D eigenvalue weighted by Gasteiger charge is -2.28. The van der Waals surface area contributed by atoms with E-state index < -0.39 is 100 Å². The number of aromatic nitrogens is 2. The molecule has 0 aliphatic carbocycles. The third kappa shape index (κ3) is 11.7. The van der Waals surface area contributed by atoms with E-state index in [0.29, 0.717) is 0 Å². The summed E-state index contributed by atoms with van der Waals surface area (Å²) >= 11 is 0. The van der Waals surface area contributed by atoms with Gasteiger partial charge in [-0.1, -0.05) is 43.3 Å². The number of aryl methyl sites for hydroxylation is 1. The highest BCUT2D eigenvalue weighted by molar-refractivity contribution is 7.54. The Balaban J connectivity index is 1.72. The number of ether oxygens (including phenoxy) is 3. The number of benzene rings is 2. The van der Waals surface area contributed by atoms with Gasteiger partial charge in [-0.25, -0.2) is 18.3 Å².